The molecule has 0 spiro atoms. The fraction of sp³-hybridized carbons (Fsp3) is 0.625. The molecule has 1 aliphatic carbocycles. The van der Waals surface area contributed by atoms with Crippen LogP contribution in [0.3, 0.4) is 0 Å². The lowest BCUT2D eigenvalue weighted by Crippen LogP contribution is -2.45. The van der Waals surface area contributed by atoms with Gasteiger partial charge < -0.3 is 5.32 Å². The molecule has 1 aliphatic rings. The summed E-state index contributed by atoms with van der Waals surface area (Å²) in [6.45, 7) is 2.13. The van der Waals surface area contributed by atoms with Crippen molar-refractivity contribution in [1.29, 1.82) is 0 Å². The number of hydrogen-bond acceptors (Lipinski definition) is 3. The lowest BCUT2D eigenvalue weighted by molar-refractivity contribution is 0.0874. The van der Waals surface area contributed by atoms with E-state index in [1.54, 1.807) is 0 Å². The lowest BCUT2D eigenvalue weighted by atomic mass is 9.81. The van der Waals surface area contributed by atoms with Gasteiger partial charge >= 0.3 is 0 Å². The highest BCUT2D eigenvalue weighted by Crippen LogP contribution is 2.26. The van der Waals surface area contributed by atoms with Crippen molar-refractivity contribution in [2.24, 2.45) is 5.92 Å². The average molecular weight is 180 g/mol. The molecule has 0 radical (unpaired) electrons. The van der Waals surface area contributed by atoms with E-state index in [1.807, 2.05) is 0 Å². The Hall–Kier alpha value is -1.39. The summed E-state index contributed by atoms with van der Waals surface area (Å²) in [6, 6.07) is 0.317. The number of aromatic amines is 1. The van der Waals surface area contributed by atoms with Crippen LogP contribution in [0.2, 0.25) is 0 Å². The van der Waals surface area contributed by atoms with Gasteiger partial charge in [-0.1, -0.05) is 6.92 Å². The predicted octanol–water partition coefficient (Wildman–Crippen LogP) is 0.333. The van der Waals surface area contributed by atoms with Crippen LogP contribution in [-0.2, 0) is 0 Å². The molecule has 2 N–H and O–H groups in total. The standard InChI is InChI=1S/C8H12N4O/c1-5-2-3-6(5)11-8(13)7-9-4-10-12-7/h4-6H,2-3H2,1H3,(H,11,13)(H,9,10,12). The first-order chi connectivity index (χ1) is 6.27. The van der Waals surface area contributed by atoms with Crippen molar-refractivity contribution in [3.8, 4) is 0 Å². The minimum Gasteiger partial charge on any atom is -0.346 e. The van der Waals surface area contributed by atoms with Gasteiger partial charge in [-0.15, -0.1) is 0 Å². The van der Waals surface area contributed by atoms with Gasteiger partial charge in [-0.3, -0.25) is 9.89 Å². The Labute approximate surface area is 75.9 Å². The molecule has 13 heavy (non-hydrogen) atoms. The van der Waals surface area contributed by atoms with Crippen LogP contribution in [0.5, 0.6) is 0 Å². The molecular formula is C8H12N4O. The second-order valence-corrected chi connectivity index (χ2v) is 3.47. The normalized spacial score (nSPS) is 26.5. The Morgan fingerprint density at radius 1 is 1.69 bits per heavy atom. The van der Waals surface area contributed by atoms with Crippen molar-refractivity contribution in [1.82, 2.24) is 20.5 Å². The van der Waals surface area contributed by atoms with Gasteiger partial charge in [-0.2, -0.15) is 5.10 Å². The van der Waals surface area contributed by atoms with E-state index in [-0.39, 0.29) is 5.91 Å². The van der Waals surface area contributed by atoms with Crippen LogP contribution >= 0.6 is 0 Å². The van der Waals surface area contributed by atoms with Crippen LogP contribution < -0.4 is 5.32 Å². The highest BCUT2D eigenvalue weighted by Gasteiger charge is 2.28. The van der Waals surface area contributed by atoms with Gasteiger partial charge in [0.05, 0.1) is 0 Å². The molecule has 0 aliphatic heterocycles. The van der Waals surface area contributed by atoms with Gasteiger partial charge in [0.15, 0.2) is 0 Å². The second kappa shape index (κ2) is 3.16. The zero-order chi connectivity index (χ0) is 9.26. The Morgan fingerprint density at radius 3 is 3.00 bits per heavy atom. The fourth-order valence-electron chi connectivity index (χ4n) is 1.43. The van der Waals surface area contributed by atoms with Crippen LogP contribution in [0.1, 0.15) is 30.4 Å². The van der Waals surface area contributed by atoms with Crippen LogP contribution in [0.15, 0.2) is 6.33 Å². The zero-order valence-corrected chi connectivity index (χ0v) is 7.45. The molecule has 0 bridgehead atoms. The number of nitrogens with zero attached hydrogens (tertiary/aromatic N) is 2. The van der Waals surface area contributed by atoms with E-state index in [1.165, 1.54) is 12.7 Å². The summed E-state index contributed by atoms with van der Waals surface area (Å²) in [7, 11) is 0. The Balaban J connectivity index is 1.92. The lowest BCUT2D eigenvalue weighted by Gasteiger charge is -2.33. The molecule has 1 fully saturated rings. The topological polar surface area (TPSA) is 70.7 Å². The van der Waals surface area contributed by atoms with Gasteiger partial charge in [0.1, 0.15) is 6.33 Å². The molecule has 5 nitrogen and oxygen atoms in total. The minimum absolute atomic E-state index is 0.158. The first-order valence-corrected chi connectivity index (χ1v) is 4.43. The van der Waals surface area contributed by atoms with Gasteiger partial charge in [0.25, 0.3) is 5.91 Å². The number of aromatic nitrogens is 3. The van der Waals surface area contributed by atoms with E-state index in [2.05, 4.69) is 27.4 Å². The number of hydrogen-bond donors (Lipinski definition) is 2. The van der Waals surface area contributed by atoms with Gasteiger partial charge in [-0.05, 0) is 18.8 Å². The van der Waals surface area contributed by atoms with Crippen molar-refractivity contribution >= 4 is 5.91 Å². The van der Waals surface area contributed by atoms with Crippen molar-refractivity contribution in [3.63, 3.8) is 0 Å². The fourth-order valence-corrected chi connectivity index (χ4v) is 1.43. The Kier molecular flexibility index (Phi) is 2.00. The molecule has 1 heterocycles. The third-order valence-corrected chi connectivity index (χ3v) is 2.57. The molecule has 0 saturated heterocycles. The first kappa shape index (κ1) is 8.22. The maximum atomic E-state index is 11.4. The van der Waals surface area contributed by atoms with Crippen LogP contribution in [0.25, 0.3) is 0 Å². The quantitative estimate of drug-likeness (QED) is 0.689. The van der Waals surface area contributed by atoms with E-state index < -0.39 is 0 Å². The molecular weight excluding hydrogens is 168 g/mol. The summed E-state index contributed by atoms with van der Waals surface area (Å²) in [6.07, 6.45) is 3.60. The van der Waals surface area contributed by atoms with Crippen LogP contribution in [-0.4, -0.2) is 27.1 Å². The third kappa shape index (κ3) is 1.54. The summed E-state index contributed by atoms with van der Waals surface area (Å²) in [5, 5.41) is 9.04. The highest BCUT2D eigenvalue weighted by atomic mass is 16.2. The third-order valence-electron chi connectivity index (χ3n) is 2.57. The number of carbonyl (C=O) groups is 1. The van der Waals surface area contributed by atoms with Gasteiger partial charge in [0.2, 0.25) is 5.82 Å². The predicted molar refractivity (Wildman–Crippen MR) is 46.0 cm³/mol. The molecule has 1 saturated carbocycles. The van der Waals surface area contributed by atoms with Crippen molar-refractivity contribution < 1.29 is 4.79 Å². The van der Waals surface area contributed by atoms with Crippen molar-refractivity contribution in [2.75, 3.05) is 0 Å². The SMILES string of the molecule is CC1CCC1NC(=O)c1ncn[nH]1. The number of carbonyl (C=O) groups excluding carboxylic acids is 1. The zero-order valence-electron chi connectivity index (χ0n) is 7.45. The number of rotatable bonds is 2. The van der Waals surface area contributed by atoms with Gasteiger partial charge in [0, 0.05) is 6.04 Å². The highest BCUT2D eigenvalue weighted by molar-refractivity contribution is 5.90. The van der Waals surface area contributed by atoms with E-state index >= 15 is 0 Å². The second-order valence-electron chi connectivity index (χ2n) is 3.47. The van der Waals surface area contributed by atoms with Crippen molar-refractivity contribution in [2.45, 2.75) is 25.8 Å². The van der Waals surface area contributed by atoms with E-state index in [0.29, 0.717) is 17.8 Å². The first-order valence-electron chi connectivity index (χ1n) is 4.43. The summed E-state index contributed by atoms with van der Waals surface area (Å²) in [5.41, 5.74) is 0. The number of amides is 1. The summed E-state index contributed by atoms with van der Waals surface area (Å²) >= 11 is 0. The smallest absolute Gasteiger partial charge is 0.288 e. The largest absolute Gasteiger partial charge is 0.346 e. The molecule has 1 aromatic heterocycles. The summed E-state index contributed by atoms with van der Waals surface area (Å²) < 4.78 is 0. The molecule has 2 atom stereocenters. The van der Waals surface area contributed by atoms with Crippen LogP contribution in [0.4, 0.5) is 0 Å². The molecule has 2 rings (SSSR count). The average Bonchev–Trinajstić information content (AvgIpc) is 2.64. The molecule has 1 amide bonds. The summed E-state index contributed by atoms with van der Waals surface area (Å²) in [4.78, 5) is 15.2. The molecule has 0 aromatic carbocycles. The van der Waals surface area contributed by atoms with E-state index in [0.717, 1.165) is 6.42 Å². The maximum Gasteiger partial charge on any atom is 0.288 e. The molecule has 1 aromatic rings. The number of H-pyrrole nitrogens is 1. The molecule has 70 valence electrons. The van der Waals surface area contributed by atoms with Gasteiger partial charge in [-0.25, -0.2) is 4.98 Å². The monoisotopic (exact) mass is 180 g/mol. The minimum atomic E-state index is -0.158. The van der Waals surface area contributed by atoms with Crippen molar-refractivity contribution in [3.05, 3.63) is 12.2 Å². The maximum absolute atomic E-state index is 11.4. The Bertz CT molecular complexity index is 295. The summed E-state index contributed by atoms with van der Waals surface area (Å²) in [5.74, 6) is 0.722. The van der Waals surface area contributed by atoms with E-state index in [9.17, 15) is 4.79 Å². The van der Waals surface area contributed by atoms with Crippen LogP contribution in [0, 0.1) is 5.92 Å². The Morgan fingerprint density at radius 2 is 2.54 bits per heavy atom. The molecule has 5 heteroatoms. The number of nitrogens with one attached hydrogen (secondary N) is 2. The van der Waals surface area contributed by atoms with E-state index in [4.69, 9.17) is 0 Å². The molecule has 2 unspecified atom stereocenters.